The van der Waals surface area contributed by atoms with Crippen LogP contribution in [0.4, 0.5) is 5.69 Å². The van der Waals surface area contributed by atoms with E-state index in [0.29, 0.717) is 0 Å². The second-order valence-electron chi connectivity index (χ2n) is 6.16. The Hall–Kier alpha value is -1.47. The van der Waals surface area contributed by atoms with E-state index < -0.39 is 0 Å². The van der Waals surface area contributed by atoms with Crippen LogP contribution in [-0.2, 0) is 11.3 Å². The van der Waals surface area contributed by atoms with Crippen LogP contribution >= 0.6 is 0 Å². The van der Waals surface area contributed by atoms with Gasteiger partial charge in [-0.25, -0.2) is 0 Å². The molecule has 1 aliphatic rings. The predicted molar refractivity (Wildman–Crippen MR) is 88.1 cm³/mol. The van der Waals surface area contributed by atoms with Gasteiger partial charge in [0, 0.05) is 30.8 Å². The lowest BCUT2D eigenvalue weighted by atomic mass is 9.96. The number of halogens is 1. The number of likely N-dealkylation sites (tertiary alicyclic amines) is 1. The van der Waals surface area contributed by atoms with E-state index in [4.69, 9.17) is 0 Å². The molecule has 1 aliphatic heterocycles. The van der Waals surface area contributed by atoms with Crippen molar-refractivity contribution >= 4 is 11.6 Å². The van der Waals surface area contributed by atoms with Crippen LogP contribution in [0.5, 0.6) is 0 Å². The van der Waals surface area contributed by atoms with Gasteiger partial charge in [-0.15, -0.1) is 0 Å². The number of hydrogen-bond donors (Lipinski definition) is 1. The summed E-state index contributed by atoms with van der Waals surface area (Å²) in [5, 5.41) is 10.9. The van der Waals surface area contributed by atoms with Gasteiger partial charge in [-0.2, -0.15) is 0 Å². The third kappa shape index (κ3) is 5.27. The van der Waals surface area contributed by atoms with Gasteiger partial charge in [0.05, 0.1) is 23.9 Å². The molecule has 1 aromatic carbocycles. The summed E-state index contributed by atoms with van der Waals surface area (Å²) in [7, 11) is 0. The monoisotopic (exact) mass is 399 g/mol. The first-order valence-electron chi connectivity index (χ1n) is 8.40. The number of nitro groups is 1. The Morgan fingerprint density at radius 3 is 2.71 bits per heavy atom. The van der Waals surface area contributed by atoms with E-state index in [9.17, 15) is 14.9 Å². The molecule has 7 heteroatoms. The number of amides is 1. The highest BCUT2D eigenvalue weighted by molar-refractivity contribution is 5.78. The van der Waals surface area contributed by atoms with Crippen LogP contribution in [0.25, 0.3) is 0 Å². The van der Waals surface area contributed by atoms with Crippen molar-refractivity contribution in [3.8, 4) is 0 Å². The molecule has 0 spiro atoms. The predicted octanol–water partition coefficient (Wildman–Crippen LogP) is -1.74. The maximum Gasteiger partial charge on any atom is 0.269 e. The van der Waals surface area contributed by atoms with Crippen LogP contribution in [0.3, 0.4) is 0 Å². The highest BCUT2D eigenvalue weighted by atomic mass is 79.9. The van der Waals surface area contributed by atoms with Gasteiger partial charge >= 0.3 is 0 Å². The van der Waals surface area contributed by atoms with Gasteiger partial charge in [-0.05, 0) is 26.7 Å². The molecular formula is C17H26BrN3O3. The summed E-state index contributed by atoms with van der Waals surface area (Å²) < 4.78 is 0. The molecule has 0 aromatic heterocycles. The van der Waals surface area contributed by atoms with Crippen molar-refractivity contribution in [3.63, 3.8) is 0 Å². The maximum absolute atomic E-state index is 12.5. The second-order valence-corrected chi connectivity index (χ2v) is 6.16. The number of hydrogen-bond acceptors (Lipinski definition) is 3. The average Bonchev–Trinajstić information content (AvgIpc) is 2.56. The molecule has 0 radical (unpaired) electrons. The number of non-ortho nitro benzene ring substituents is 1. The summed E-state index contributed by atoms with van der Waals surface area (Å²) in [6.07, 6.45) is 1.98. The zero-order valence-electron chi connectivity index (χ0n) is 14.3. The zero-order valence-corrected chi connectivity index (χ0v) is 15.9. The van der Waals surface area contributed by atoms with Gasteiger partial charge in [0.1, 0.15) is 6.54 Å². The number of nitrogens with one attached hydrogen (secondary N) is 1. The summed E-state index contributed by atoms with van der Waals surface area (Å²) in [5.41, 5.74) is 1.10. The fourth-order valence-corrected chi connectivity index (χ4v) is 3.38. The molecule has 0 aliphatic carbocycles. The van der Waals surface area contributed by atoms with Crippen molar-refractivity contribution in [1.29, 1.82) is 0 Å². The minimum absolute atomic E-state index is 0. The first-order chi connectivity index (χ1) is 11.0. The molecule has 1 saturated heterocycles. The lowest BCUT2D eigenvalue weighted by Crippen LogP contribution is -3.12. The number of benzene rings is 1. The molecule has 1 fully saturated rings. The third-order valence-electron chi connectivity index (χ3n) is 4.62. The molecular weight excluding hydrogens is 374 g/mol. The van der Waals surface area contributed by atoms with Gasteiger partial charge < -0.3 is 26.8 Å². The molecule has 2 unspecified atom stereocenters. The normalized spacial score (nSPS) is 20.1. The molecule has 1 amide bonds. The number of nitrogens with zero attached hydrogens (tertiary/aromatic N) is 2. The van der Waals surface area contributed by atoms with E-state index in [1.807, 2.05) is 24.8 Å². The number of nitro benzene ring substituents is 1. The van der Waals surface area contributed by atoms with Gasteiger partial charge in [0.15, 0.2) is 0 Å². The van der Waals surface area contributed by atoms with Crippen LogP contribution in [0.2, 0.25) is 0 Å². The first-order valence-corrected chi connectivity index (χ1v) is 8.40. The molecule has 0 saturated carbocycles. The lowest BCUT2D eigenvalue weighted by Gasteiger charge is -2.32. The Balaban J connectivity index is 0.00000288. The zero-order chi connectivity index (χ0) is 16.8. The van der Waals surface area contributed by atoms with E-state index in [0.717, 1.165) is 51.1 Å². The highest BCUT2D eigenvalue weighted by Gasteiger charge is 2.31. The number of quaternary nitrogens is 1. The fraction of sp³-hybridized carbons (Fsp3) is 0.588. The smallest absolute Gasteiger partial charge is 0.269 e. The largest absolute Gasteiger partial charge is 1.00 e. The maximum atomic E-state index is 12.5. The molecule has 2 rings (SSSR count). The van der Waals surface area contributed by atoms with Crippen LogP contribution in [0.1, 0.15) is 32.3 Å². The number of piperidine rings is 1. The molecule has 1 heterocycles. The van der Waals surface area contributed by atoms with Crippen molar-refractivity contribution < 1.29 is 31.6 Å². The summed E-state index contributed by atoms with van der Waals surface area (Å²) in [6, 6.07) is 6.82. The minimum Gasteiger partial charge on any atom is -1.00 e. The SMILES string of the molecule is CCN(CC)C(=O)C1CCC[NH+](Cc2cccc([N+](=O)[O-])c2)C1.[Br-]. The molecule has 24 heavy (non-hydrogen) atoms. The van der Waals surface area contributed by atoms with E-state index in [-0.39, 0.29) is 39.4 Å². The third-order valence-corrected chi connectivity index (χ3v) is 4.62. The van der Waals surface area contributed by atoms with Gasteiger partial charge in [0.25, 0.3) is 5.69 Å². The average molecular weight is 400 g/mol. The number of carbonyl (C=O) groups is 1. The fourth-order valence-electron chi connectivity index (χ4n) is 3.38. The van der Waals surface area contributed by atoms with Crippen LogP contribution in [-0.4, -0.2) is 41.9 Å². The van der Waals surface area contributed by atoms with E-state index in [1.165, 1.54) is 11.0 Å². The Morgan fingerprint density at radius 1 is 1.38 bits per heavy atom. The van der Waals surface area contributed by atoms with Crippen LogP contribution < -0.4 is 21.9 Å². The Kier molecular flexibility index (Phi) is 8.35. The van der Waals surface area contributed by atoms with Gasteiger partial charge in [-0.3, -0.25) is 14.9 Å². The first kappa shape index (κ1) is 20.6. The Bertz CT molecular complexity index is 564. The molecule has 1 N–H and O–H groups in total. The standard InChI is InChI=1S/C17H25N3O3.BrH/c1-3-19(4-2)17(21)15-8-6-10-18(13-15)12-14-7-5-9-16(11-14)20(22)23;/h5,7,9,11,15H,3-4,6,8,10,12-13H2,1-2H3;1H. The summed E-state index contributed by atoms with van der Waals surface area (Å²) in [6.45, 7) is 8.11. The molecule has 0 bridgehead atoms. The highest BCUT2D eigenvalue weighted by Crippen LogP contribution is 2.14. The molecule has 1 aromatic rings. The molecule has 6 nitrogen and oxygen atoms in total. The number of carbonyl (C=O) groups excluding carboxylic acids is 1. The Morgan fingerprint density at radius 2 is 2.08 bits per heavy atom. The Labute approximate surface area is 153 Å². The quantitative estimate of drug-likeness (QED) is 0.456. The summed E-state index contributed by atoms with van der Waals surface area (Å²) >= 11 is 0. The van der Waals surface area contributed by atoms with Gasteiger partial charge in [-0.1, -0.05) is 12.1 Å². The second kappa shape index (κ2) is 9.74. The molecule has 134 valence electrons. The van der Waals surface area contributed by atoms with Crippen molar-refractivity contribution in [1.82, 2.24) is 4.90 Å². The van der Waals surface area contributed by atoms with Crippen molar-refractivity contribution in [2.45, 2.75) is 33.2 Å². The number of rotatable bonds is 6. The summed E-state index contributed by atoms with van der Waals surface area (Å²) in [4.78, 5) is 26.3. The lowest BCUT2D eigenvalue weighted by molar-refractivity contribution is -0.921. The van der Waals surface area contributed by atoms with E-state index in [2.05, 4.69) is 0 Å². The minimum atomic E-state index is -0.359. The van der Waals surface area contributed by atoms with Crippen molar-refractivity contribution in [2.75, 3.05) is 26.2 Å². The van der Waals surface area contributed by atoms with Crippen LogP contribution in [0, 0.1) is 16.0 Å². The summed E-state index contributed by atoms with van der Waals surface area (Å²) in [5.74, 6) is 0.337. The molecule has 2 atom stereocenters. The van der Waals surface area contributed by atoms with Gasteiger partial charge in [0.2, 0.25) is 5.91 Å². The van der Waals surface area contributed by atoms with E-state index >= 15 is 0 Å². The van der Waals surface area contributed by atoms with Crippen molar-refractivity contribution in [3.05, 3.63) is 39.9 Å². The van der Waals surface area contributed by atoms with E-state index in [1.54, 1.807) is 12.1 Å². The van der Waals surface area contributed by atoms with Crippen molar-refractivity contribution in [2.24, 2.45) is 5.92 Å². The van der Waals surface area contributed by atoms with Crippen LogP contribution in [0.15, 0.2) is 24.3 Å². The topological polar surface area (TPSA) is 67.9 Å².